The molecule has 20 heavy (non-hydrogen) atoms. The third-order valence-corrected chi connectivity index (χ3v) is 3.52. The van der Waals surface area contributed by atoms with Crippen molar-refractivity contribution in [3.8, 4) is 0 Å². The van der Waals surface area contributed by atoms with Gasteiger partial charge in [0.2, 0.25) is 0 Å². The number of hydrogen-bond acceptors (Lipinski definition) is 2. The lowest BCUT2D eigenvalue weighted by Gasteiger charge is -2.21. The zero-order chi connectivity index (χ0) is 15.6. The van der Waals surface area contributed by atoms with Crippen LogP contribution in [0.2, 0.25) is 0 Å². The zero-order valence-electron chi connectivity index (χ0n) is 10.5. The van der Waals surface area contributed by atoms with Gasteiger partial charge in [-0.2, -0.15) is 22.0 Å². The van der Waals surface area contributed by atoms with Crippen molar-refractivity contribution >= 4 is 10.8 Å². The Bertz CT molecular complexity index is 520. The molecule has 0 spiro atoms. The topological polar surface area (TPSA) is 26.3 Å². The van der Waals surface area contributed by atoms with Crippen molar-refractivity contribution in [1.29, 1.82) is 0 Å². The summed E-state index contributed by atoms with van der Waals surface area (Å²) in [6.45, 7) is 1.75. The van der Waals surface area contributed by atoms with Crippen LogP contribution in [0.1, 0.15) is 5.56 Å². The fourth-order valence-electron chi connectivity index (χ4n) is 1.23. The van der Waals surface area contributed by atoms with E-state index in [1.165, 1.54) is 12.1 Å². The third kappa shape index (κ3) is 3.56. The average molecular weight is 314 g/mol. The van der Waals surface area contributed by atoms with Gasteiger partial charge in [0.15, 0.2) is 5.76 Å². The number of alkyl halides is 5. The first-order valence-electron chi connectivity index (χ1n) is 5.27. The van der Waals surface area contributed by atoms with E-state index in [4.69, 9.17) is 0 Å². The second-order valence-electron chi connectivity index (χ2n) is 3.87. The molecule has 1 aromatic carbocycles. The summed E-state index contributed by atoms with van der Waals surface area (Å²) in [7, 11) is -1.51. The van der Waals surface area contributed by atoms with Crippen molar-refractivity contribution in [2.24, 2.45) is 0 Å². The lowest BCUT2D eigenvalue weighted by atomic mass is 10.2. The molecule has 0 aromatic heterocycles. The molecule has 0 fully saturated rings. The minimum atomic E-state index is -5.81. The van der Waals surface area contributed by atoms with Gasteiger partial charge in [0, 0.05) is 4.90 Å². The van der Waals surface area contributed by atoms with Gasteiger partial charge in [-0.05, 0) is 19.1 Å². The SMILES string of the molecule is CO/C(=C/S(=O)c1ccc(C)cc1)C(F)(F)C(F)(F)F. The Kier molecular flexibility index (Phi) is 4.90. The van der Waals surface area contributed by atoms with Crippen LogP contribution in [0.3, 0.4) is 0 Å². The first-order valence-corrected chi connectivity index (χ1v) is 6.49. The van der Waals surface area contributed by atoms with Crippen molar-refractivity contribution in [2.45, 2.75) is 23.9 Å². The van der Waals surface area contributed by atoms with E-state index in [1.807, 2.05) is 0 Å². The van der Waals surface area contributed by atoms with E-state index in [-0.39, 0.29) is 10.3 Å². The molecule has 2 nitrogen and oxygen atoms in total. The van der Waals surface area contributed by atoms with Gasteiger partial charge in [-0.15, -0.1) is 0 Å². The predicted octanol–water partition coefficient (Wildman–Crippen LogP) is 3.79. The van der Waals surface area contributed by atoms with Crippen LogP contribution in [-0.2, 0) is 15.5 Å². The number of ether oxygens (including phenoxy) is 1. The predicted molar refractivity (Wildman–Crippen MR) is 63.7 cm³/mol. The molecule has 0 aliphatic heterocycles. The first-order chi connectivity index (χ1) is 9.09. The average Bonchev–Trinajstić information content (AvgIpc) is 2.34. The summed E-state index contributed by atoms with van der Waals surface area (Å²) in [5, 5.41) is 0.262. The normalized spacial score (nSPS) is 15.1. The Morgan fingerprint density at radius 1 is 1.15 bits per heavy atom. The molecule has 0 aliphatic carbocycles. The summed E-state index contributed by atoms with van der Waals surface area (Å²) in [5.41, 5.74) is 0.835. The molecule has 112 valence electrons. The number of halogens is 5. The van der Waals surface area contributed by atoms with E-state index in [2.05, 4.69) is 4.74 Å². The van der Waals surface area contributed by atoms with Gasteiger partial charge >= 0.3 is 12.1 Å². The largest absolute Gasteiger partial charge is 0.494 e. The number of aryl methyl sites for hydroxylation is 1. The van der Waals surface area contributed by atoms with Crippen LogP contribution in [0.5, 0.6) is 0 Å². The number of benzene rings is 1. The number of hydrogen-bond donors (Lipinski definition) is 0. The second-order valence-corrected chi connectivity index (χ2v) is 5.17. The van der Waals surface area contributed by atoms with E-state index in [9.17, 15) is 26.2 Å². The monoisotopic (exact) mass is 314 g/mol. The summed E-state index contributed by atoms with van der Waals surface area (Å²) in [6, 6.07) is 5.88. The fraction of sp³-hybridized carbons (Fsp3) is 0.333. The highest BCUT2D eigenvalue weighted by atomic mass is 32.2. The molecule has 0 saturated heterocycles. The van der Waals surface area contributed by atoms with Gasteiger partial charge in [-0.25, -0.2) is 4.21 Å². The molecule has 1 unspecified atom stereocenters. The Morgan fingerprint density at radius 2 is 1.65 bits per heavy atom. The maximum atomic E-state index is 13.1. The number of rotatable bonds is 4. The summed E-state index contributed by atoms with van der Waals surface area (Å²) >= 11 is 0. The summed E-state index contributed by atoms with van der Waals surface area (Å²) in [4.78, 5) is 0.100. The van der Waals surface area contributed by atoms with Crippen LogP contribution < -0.4 is 0 Å². The van der Waals surface area contributed by atoms with E-state index in [0.717, 1.165) is 5.56 Å². The molecule has 0 heterocycles. The first kappa shape index (κ1) is 16.6. The molecule has 0 bridgehead atoms. The third-order valence-electron chi connectivity index (χ3n) is 2.35. The van der Waals surface area contributed by atoms with Crippen molar-refractivity contribution in [2.75, 3.05) is 7.11 Å². The minimum Gasteiger partial charge on any atom is -0.494 e. The molecular formula is C12H11F5O2S. The highest BCUT2D eigenvalue weighted by Crippen LogP contribution is 2.41. The Balaban J connectivity index is 3.12. The fourth-order valence-corrected chi connectivity index (χ4v) is 2.21. The molecule has 0 radical (unpaired) electrons. The zero-order valence-corrected chi connectivity index (χ0v) is 11.3. The van der Waals surface area contributed by atoms with Gasteiger partial charge in [0.25, 0.3) is 0 Å². The maximum Gasteiger partial charge on any atom is 0.461 e. The molecule has 1 atom stereocenters. The molecule has 1 rings (SSSR count). The Morgan fingerprint density at radius 3 is 2.05 bits per heavy atom. The standard InChI is InChI=1S/C12H11F5O2S/c1-8-3-5-9(6-4-8)20(18)7-10(19-2)11(13,14)12(15,16)17/h3-7H,1-2H3/b10-7+. The smallest absolute Gasteiger partial charge is 0.461 e. The summed E-state index contributed by atoms with van der Waals surface area (Å²) < 4.78 is 78.6. The number of allylic oxidation sites excluding steroid dienone is 1. The van der Waals surface area contributed by atoms with Crippen molar-refractivity contribution in [3.05, 3.63) is 41.0 Å². The van der Waals surface area contributed by atoms with E-state index in [0.29, 0.717) is 7.11 Å². The Labute approximate surface area is 114 Å². The van der Waals surface area contributed by atoms with Crippen molar-refractivity contribution in [1.82, 2.24) is 0 Å². The van der Waals surface area contributed by atoms with Gasteiger partial charge in [-0.1, -0.05) is 17.7 Å². The molecular weight excluding hydrogens is 303 g/mol. The van der Waals surface area contributed by atoms with Gasteiger partial charge in [0.05, 0.1) is 23.3 Å². The van der Waals surface area contributed by atoms with Crippen LogP contribution in [0.25, 0.3) is 0 Å². The summed E-state index contributed by atoms with van der Waals surface area (Å²) in [6.07, 6.45) is -5.81. The second kappa shape index (κ2) is 5.90. The van der Waals surface area contributed by atoms with Gasteiger partial charge in [0.1, 0.15) is 0 Å². The highest BCUT2D eigenvalue weighted by molar-refractivity contribution is 7.88. The van der Waals surface area contributed by atoms with Crippen LogP contribution in [0, 0.1) is 6.92 Å². The van der Waals surface area contributed by atoms with E-state index >= 15 is 0 Å². The molecule has 0 amide bonds. The molecule has 0 saturated carbocycles. The quantitative estimate of drug-likeness (QED) is 0.624. The highest BCUT2D eigenvalue weighted by Gasteiger charge is 2.61. The van der Waals surface area contributed by atoms with Gasteiger partial charge in [-0.3, -0.25) is 0 Å². The van der Waals surface area contributed by atoms with Crippen LogP contribution >= 0.6 is 0 Å². The molecule has 1 aromatic rings. The van der Waals surface area contributed by atoms with Crippen molar-refractivity contribution < 1.29 is 30.9 Å². The minimum absolute atomic E-state index is 0.100. The van der Waals surface area contributed by atoms with E-state index in [1.54, 1.807) is 19.1 Å². The lowest BCUT2D eigenvalue weighted by Crippen LogP contribution is -2.39. The molecule has 0 aliphatic rings. The number of methoxy groups -OCH3 is 1. The van der Waals surface area contributed by atoms with Crippen LogP contribution in [0.15, 0.2) is 40.3 Å². The van der Waals surface area contributed by atoms with Crippen LogP contribution in [-0.4, -0.2) is 23.4 Å². The van der Waals surface area contributed by atoms with Crippen molar-refractivity contribution in [3.63, 3.8) is 0 Å². The van der Waals surface area contributed by atoms with E-state index < -0.39 is 28.7 Å². The molecule has 8 heteroatoms. The lowest BCUT2D eigenvalue weighted by molar-refractivity contribution is -0.275. The maximum absolute atomic E-state index is 13.1. The van der Waals surface area contributed by atoms with Gasteiger partial charge < -0.3 is 4.74 Å². The summed E-state index contributed by atoms with van der Waals surface area (Å²) in [5.74, 6) is -6.88. The molecule has 0 N–H and O–H groups in total. The Hall–Kier alpha value is -1.44. The van der Waals surface area contributed by atoms with Crippen LogP contribution in [0.4, 0.5) is 22.0 Å².